The van der Waals surface area contributed by atoms with Crippen LogP contribution < -0.4 is 5.32 Å². The van der Waals surface area contributed by atoms with Crippen molar-refractivity contribution in [3.8, 4) is 6.07 Å². The Kier molecular flexibility index (Phi) is 3.74. The molecule has 6 heteroatoms. The van der Waals surface area contributed by atoms with E-state index in [4.69, 9.17) is 16.9 Å². The van der Waals surface area contributed by atoms with Crippen LogP contribution in [0.25, 0.3) is 0 Å². The third-order valence-electron chi connectivity index (χ3n) is 2.32. The van der Waals surface area contributed by atoms with Crippen LogP contribution in [0.3, 0.4) is 0 Å². The molecule has 0 spiro atoms. The second-order valence-corrected chi connectivity index (χ2v) is 4.00. The number of aromatic nitrogens is 1. The van der Waals surface area contributed by atoms with Gasteiger partial charge in [0.05, 0.1) is 16.1 Å². The van der Waals surface area contributed by atoms with E-state index < -0.39 is 11.7 Å². The number of carbonyl (C=O) groups is 1. The summed E-state index contributed by atoms with van der Waals surface area (Å²) in [6.07, 6.45) is 1.30. The van der Waals surface area contributed by atoms with Crippen LogP contribution in [0.15, 0.2) is 36.5 Å². The third kappa shape index (κ3) is 2.87. The van der Waals surface area contributed by atoms with Crippen LogP contribution in [-0.2, 0) is 0 Å². The molecule has 1 aromatic heterocycles. The van der Waals surface area contributed by atoms with Gasteiger partial charge in [0.2, 0.25) is 0 Å². The molecule has 1 N–H and O–H groups in total. The van der Waals surface area contributed by atoms with Crippen LogP contribution in [0, 0.1) is 17.1 Å². The Balaban J connectivity index is 2.23. The molecule has 0 aliphatic carbocycles. The lowest BCUT2D eigenvalue weighted by atomic mass is 10.2. The minimum absolute atomic E-state index is 0.0196. The van der Waals surface area contributed by atoms with Gasteiger partial charge >= 0.3 is 0 Å². The third-order valence-corrected chi connectivity index (χ3v) is 2.64. The van der Waals surface area contributed by atoms with E-state index in [0.29, 0.717) is 5.56 Å². The molecule has 0 bridgehead atoms. The van der Waals surface area contributed by atoms with Gasteiger partial charge in [-0.2, -0.15) is 5.26 Å². The molecule has 0 fully saturated rings. The van der Waals surface area contributed by atoms with Crippen molar-refractivity contribution < 1.29 is 9.18 Å². The van der Waals surface area contributed by atoms with E-state index in [-0.39, 0.29) is 16.4 Å². The maximum Gasteiger partial charge on any atom is 0.261 e. The van der Waals surface area contributed by atoms with Crippen molar-refractivity contribution in [1.82, 2.24) is 4.98 Å². The number of anilines is 1. The van der Waals surface area contributed by atoms with Crippen LogP contribution in [0.2, 0.25) is 5.02 Å². The maximum absolute atomic E-state index is 13.5. The number of halogens is 2. The number of pyridine rings is 1. The summed E-state index contributed by atoms with van der Waals surface area (Å²) in [7, 11) is 0. The first-order valence-corrected chi connectivity index (χ1v) is 5.61. The van der Waals surface area contributed by atoms with Gasteiger partial charge in [0.25, 0.3) is 5.91 Å². The highest BCUT2D eigenvalue weighted by molar-refractivity contribution is 6.34. The smallest absolute Gasteiger partial charge is 0.261 e. The Bertz CT molecular complexity index is 644. The zero-order valence-electron chi connectivity index (χ0n) is 9.52. The standard InChI is InChI=1S/C13H7ClFN3O/c14-9-2-1-3-10(15)12(9)13(19)18-11-5-4-8(6-16)7-17-11/h1-5,7H,(H,17,18,19). The van der Waals surface area contributed by atoms with Gasteiger partial charge in [-0.25, -0.2) is 9.37 Å². The monoisotopic (exact) mass is 275 g/mol. The molecule has 0 radical (unpaired) electrons. The van der Waals surface area contributed by atoms with Gasteiger partial charge in [0.15, 0.2) is 0 Å². The lowest BCUT2D eigenvalue weighted by Crippen LogP contribution is -2.15. The Morgan fingerprint density at radius 2 is 2.16 bits per heavy atom. The number of rotatable bonds is 2. The van der Waals surface area contributed by atoms with Crippen molar-refractivity contribution in [2.24, 2.45) is 0 Å². The quantitative estimate of drug-likeness (QED) is 0.916. The number of hydrogen-bond acceptors (Lipinski definition) is 3. The summed E-state index contributed by atoms with van der Waals surface area (Å²) in [5.74, 6) is -1.19. The van der Waals surface area contributed by atoms with E-state index in [2.05, 4.69) is 10.3 Å². The minimum Gasteiger partial charge on any atom is -0.306 e. The molecule has 1 heterocycles. The fourth-order valence-electron chi connectivity index (χ4n) is 1.43. The number of nitriles is 1. The molecule has 0 unspecified atom stereocenters. The lowest BCUT2D eigenvalue weighted by molar-refractivity contribution is 0.102. The highest BCUT2D eigenvalue weighted by Crippen LogP contribution is 2.20. The van der Waals surface area contributed by atoms with Crippen LogP contribution in [-0.4, -0.2) is 10.9 Å². The average Bonchev–Trinajstić information content (AvgIpc) is 2.39. The molecule has 19 heavy (non-hydrogen) atoms. The van der Waals surface area contributed by atoms with Gasteiger partial charge in [0, 0.05) is 6.20 Å². The van der Waals surface area contributed by atoms with Crippen molar-refractivity contribution in [2.45, 2.75) is 0 Å². The van der Waals surface area contributed by atoms with Crippen molar-refractivity contribution in [1.29, 1.82) is 5.26 Å². The molecule has 0 aliphatic rings. The van der Waals surface area contributed by atoms with Gasteiger partial charge in [0.1, 0.15) is 17.7 Å². The van der Waals surface area contributed by atoms with Gasteiger partial charge < -0.3 is 5.32 Å². The zero-order valence-corrected chi connectivity index (χ0v) is 10.3. The number of hydrogen-bond donors (Lipinski definition) is 1. The first-order valence-electron chi connectivity index (χ1n) is 5.23. The van der Waals surface area contributed by atoms with E-state index >= 15 is 0 Å². The van der Waals surface area contributed by atoms with E-state index in [9.17, 15) is 9.18 Å². The number of carbonyl (C=O) groups excluding carboxylic acids is 1. The second kappa shape index (κ2) is 5.46. The predicted molar refractivity (Wildman–Crippen MR) is 68.3 cm³/mol. The van der Waals surface area contributed by atoms with E-state index in [1.807, 2.05) is 6.07 Å². The lowest BCUT2D eigenvalue weighted by Gasteiger charge is -2.06. The molecule has 2 aromatic rings. The van der Waals surface area contributed by atoms with Crippen molar-refractivity contribution in [3.63, 3.8) is 0 Å². The maximum atomic E-state index is 13.5. The largest absolute Gasteiger partial charge is 0.306 e. The van der Waals surface area contributed by atoms with Gasteiger partial charge in [-0.3, -0.25) is 4.79 Å². The Morgan fingerprint density at radius 3 is 2.74 bits per heavy atom. The van der Waals surface area contributed by atoms with Gasteiger partial charge in [-0.1, -0.05) is 17.7 Å². The number of benzene rings is 1. The van der Waals surface area contributed by atoms with Gasteiger partial charge in [-0.15, -0.1) is 0 Å². The summed E-state index contributed by atoms with van der Waals surface area (Å²) < 4.78 is 13.5. The first-order chi connectivity index (χ1) is 9.11. The normalized spacial score (nSPS) is 9.74. The van der Waals surface area contributed by atoms with Crippen molar-refractivity contribution in [3.05, 3.63) is 58.5 Å². The zero-order chi connectivity index (χ0) is 13.8. The van der Waals surface area contributed by atoms with Crippen molar-refractivity contribution in [2.75, 3.05) is 5.32 Å². The Hall–Kier alpha value is -2.45. The summed E-state index contributed by atoms with van der Waals surface area (Å²) >= 11 is 5.77. The summed E-state index contributed by atoms with van der Waals surface area (Å²) in [6, 6.07) is 8.82. The second-order valence-electron chi connectivity index (χ2n) is 3.59. The minimum atomic E-state index is -0.710. The molecule has 1 aromatic carbocycles. The van der Waals surface area contributed by atoms with Crippen LogP contribution >= 0.6 is 11.6 Å². The summed E-state index contributed by atoms with van der Waals surface area (Å²) in [5, 5.41) is 11.0. The highest BCUT2D eigenvalue weighted by Gasteiger charge is 2.16. The summed E-state index contributed by atoms with van der Waals surface area (Å²) in [6.45, 7) is 0. The number of amides is 1. The molecular weight excluding hydrogens is 269 g/mol. The van der Waals surface area contributed by atoms with Crippen LogP contribution in [0.4, 0.5) is 10.2 Å². The molecule has 2 rings (SSSR count). The number of nitrogens with one attached hydrogen (secondary N) is 1. The fourth-order valence-corrected chi connectivity index (χ4v) is 1.68. The molecule has 4 nitrogen and oxygen atoms in total. The summed E-state index contributed by atoms with van der Waals surface area (Å²) in [5.41, 5.74) is 0.122. The highest BCUT2D eigenvalue weighted by atomic mass is 35.5. The number of nitrogens with zero attached hydrogens (tertiary/aromatic N) is 2. The molecule has 0 saturated heterocycles. The van der Waals surface area contributed by atoms with Crippen LogP contribution in [0.1, 0.15) is 15.9 Å². The van der Waals surface area contributed by atoms with Crippen LogP contribution in [0.5, 0.6) is 0 Å². The van der Waals surface area contributed by atoms with E-state index in [0.717, 1.165) is 6.07 Å². The van der Waals surface area contributed by atoms with E-state index in [1.165, 1.54) is 30.5 Å². The first kappa shape index (κ1) is 13.0. The Labute approximate surface area is 113 Å². The Morgan fingerprint density at radius 1 is 1.37 bits per heavy atom. The van der Waals surface area contributed by atoms with Gasteiger partial charge in [-0.05, 0) is 24.3 Å². The topological polar surface area (TPSA) is 65.8 Å². The van der Waals surface area contributed by atoms with E-state index in [1.54, 1.807) is 0 Å². The fraction of sp³-hybridized carbons (Fsp3) is 0. The molecule has 94 valence electrons. The molecule has 0 aliphatic heterocycles. The average molecular weight is 276 g/mol. The van der Waals surface area contributed by atoms with Crippen molar-refractivity contribution >= 4 is 23.3 Å². The molecule has 1 amide bonds. The SMILES string of the molecule is N#Cc1ccc(NC(=O)c2c(F)cccc2Cl)nc1. The molecule has 0 atom stereocenters. The predicted octanol–water partition coefficient (Wildman–Crippen LogP) is 3.00. The molecule has 0 saturated carbocycles. The molecular formula is C13H7ClFN3O. The summed E-state index contributed by atoms with van der Waals surface area (Å²) in [4.78, 5) is 15.7.